The van der Waals surface area contributed by atoms with Crippen molar-refractivity contribution in [1.29, 1.82) is 0 Å². The number of nitrogens with one attached hydrogen (secondary N) is 2. The molecule has 0 radical (unpaired) electrons. The van der Waals surface area contributed by atoms with Gasteiger partial charge in [-0.05, 0) is 43.9 Å². The summed E-state index contributed by atoms with van der Waals surface area (Å²) in [6.45, 7) is 9.70. The maximum Gasteiger partial charge on any atom is 0.188 e. The number of benzene rings is 2. The number of rotatable bonds is 9. The van der Waals surface area contributed by atoms with Crippen molar-refractivity contribution in [2.24, 2.45) is 0 Å². The molecule has 30 heavy (non-hydrogen) atoms. The Balaban J connectivity index is 1.57. The second kappa shape index (κ2) is 11.2. The molecule has 2 aromatic carbocycles. The average molecular weight is 426 g/mol. The highest BCUT2D eigenvalue weighted by molar-refractivity contribution is 8.02. The van der Waals surface area contributed by atoms with Crippen molar-refractivity contribution in [2.75, 3.05) is 56.3 Å². The van der Waals surface area contributed by atoms with Crippen molar-refractivity contribution in [1.82, 2.24) is 4.90 Å². The highest BCUT2D eigenvalue weighted by atomic mass is 32.2. The van der Waals surface area contributed by atoms with Crippen LogP contribution in [0.5, 0.6) is 0 Å². The molecular formula is C24H31N3O2S. The van der Waals surface area contributed by atoms with Crippen LogP contribution in [0.2, 0.25) is 0 Å². The summed E-state index contributed by atoms with van der Waals surface area (Å²) in [5.74, 6) is 0.00547. The first kappa shape index (κ1) is 22.4. The highest BCUT2D eigenvalue weighted by Gasteiger charge is 2.10. The minimum Gasteiger partial charge on any atom is -0.384 e. The summed E-state index contributed by atoms with van der Waals surface area (Å²) < 4.78 is 5.39. The Labute approximate surface area is 183 Å². The summed E-state index contributed by atoms with van der Waals surface area (Å²) in [7, 11) is 0. The van der Waals surface area contributed by atoms with E-state index in [1.807, 2.05) is 37.4 Å². The fourth-order valence-corrected chi connectivity index (χ4v) is 3.73. The normalized spacial score (nSPS) is 15.1. The predicted molar refractivity (Wildman–Crippen MR) is 128 cm³/mol. The van der Waals surface area contributed by atoms with Crippen LogP contribution in [0, 0.1) is 13.8 Å². The van der Waals surface area contributed by atoms with E-state index in [1.54, 1.807) is 6.08 Å². The molecule has 0 aromatic heterocycles. The topological polar surface area (TPSA) is 53.6 Å². The number of anilines is 2. The molecule has 3 rings (SSSR count). The maximum atomic E-state index is 12.6. The molecule has 0 saturated carbocycles. The minimum absolute atomic E-state index is 0.00547. The Morgan fingerprint density at radius 2 is 1.87 bits per heavy atom. The van der Waals surface area contributed by atoms with Crippen LogP contribution in [0.4, 0.5) is 11.4 Å². The number of nitrogens with zero attached hydrogens (tertiary/aromatic N) is 1. The molecular weight excluding hydrogens is 394 g/mol. The third-order valence-corrected chi connectivity index (χ3v) is 5.82. The first-order valence-electron chi connectivity index (χ1n) is 10.3. The van der Waals surface area contributed by atoms with E-state index < -0.39 is 0 Å². The lowest BCUT2D eigenvalue weighted by Gasteiger charge is -2.26. The molecule has 0 aliphatic carbocycles. The van der Waals surface area contributed by atoms with Crippen LogP contribution >= 0.6 is 11.8 Å². The molecule has 1 fully saturated rings. The number of ether oxygens (including phenoxy) is 1. The van der Waals surface area contributed by atoms with Crippen molar-refractivity contribution >= 4 is 28.9 Å². The van der Waals surface area contributed by atoms with Crippen LogP contribution in [0.3, 0.4) is 0 Å². The van der Waals surface area contributed by atoms with E-state index in [4.69, 9.17) is 4.74 Å². The lowest BCUT2D eigenvalue weighted by molar-refractivity contribution is 0.0398. The summed E-state index contributed by atoms with van der Waals surface area (Å²) in [6.07, 6.45) is 3.64. The van der Waals surface area contributed by atoms with E-state index in [-0.39, 0.29) is 5.78 Å². The molecule has 6 heteroatoms. The van der Waals surface area contributed by atoms with E-state index in [0.717, 1.165) is 66.9 Å². The molecule has 0 atom stereocenters. The van der Waals surface area contributed by atoms with Crippen LogP contribution in [0.1, 0.15) is 21.5 Å². The molecule has 0 spiro atoms. The lowest BCUT2D eigenvalue weighted by atomic mass is 10.1. The van der Waals surface area contributed by atoms with Gasteiger partial charge in [-0.1, -0.05) is 29.8 Å². The Kier molecular flexibility index (Phi) is 8.37. The summed E-state index contributed by atoms with van der Waals surface area (Å²) in [5, 5.41) is 7.73. The van der Waals surface area contributed by atoms with Crippen molar-refractivity contribution in [2.45, 2.75) is 13.8 Å². The van der Waals surface area contributed by atoms with E-state index in [0.29, 0.717) is 5.56 Å². The van der Waals surface area contributed by atoms with Gasteiger partial charge in [0.2, 0.25) is 0 Å². The molecule has 2 aromatic rings. The number of morpholine rings is 1. The number of aryl methyl sites for hydroxylation is 2. The second-order valence-electron chi connectivity index (χ2n) is 7.48. The zero-order chi connectivity index (χ0) is 21.3. The van der Waals surface area contributed by atoms with E-state index >= 15 is 0 Å². The molecule has 1 heterocycles. The smallest absolute Gasteiger partial charge is 0.188 e. The molecule has 1 aliphatic rings. The zero-order valence-electron chi connectivity index (χ0n) is 18.0. The van der Waals surface area contributed by atoms with E-state index in [2.05, 4.69) is 40.7 Å². The van der Waals surface area contributed by atoms with Gasteiger partial charge in [0.1, 0.15) is 0 Å². The number of ketones is 1. The molecule has 0 bridgehead atoms. The Morgan fingerprint density at radius 1 is 1.13 bits per heavy atom. The van der Waals surface area contributed by atoms with Crippen LogP contribution in [-0.4, -0.2) is 56.3 Å². The first-order chi connectivity index (χ1) is 14.5. The monoisotopic (exact) mass is 425 g/mol. The Hall–Kier alpha value is -2.28. The molecule has 0 amide bonds. The van der Waals surface area contributed by atoms with Crippen molar-refractivity contribution in [3.8, 4) is 0 Å². The summed E-state index contributed by atoms with van der Waals surface area (Å²) >= 11 is 1.53. The minimum atomic E-state index is 0.00547. The SMILES string of the molecule is CS/C(=C\C(=O)c1ccc(C)cc1)Nc1ccc(NCCN2CCOCC2)cc1C. The predicted octanol–water partition coefficient (Wildman–Crippen LogP) is 4.55. The Morgan fingerprint density at radius 3 is 2.53 bits per heavy atom. The number of carbonyl (C=O) groups excluding carboxylic acids is 1. The molecule has 2 N–H and O–H groups in total. The van der Waals surface area contributed by atoms with Gasteiger partial charge < -0.3 is 15.4 Å². The van der Waals surface area contributed by atoms with Gasteiger partial charge in [-0.25, -0.2) is 0 Å². The van der Waals surface area contributed by atoms with Gasteiger partial charge in [0.05, 0.1) is 18.2 Å². The number of hydrogen-bond donors (Lipinski definition) is 2. The zero-order valence-corrected chi connectivity index (χ0v) is 18.8. The Bertz CT molecular complexity index is 875. The van der Waals surface area contributed by atoms with Crippen molar-refractivity contribution in [3.63, 3.8) is 0 Å². The molecule has 160 valence electrons. The average Bonchev–Trinajstić information content (AvgIpc) is 2.76. The van der Waals surface area contributed by atoms with Crippen LogP contribution in [0.25, 0.3) is 0 Å². The van der Waals surface area contributed by atoms with Crippen LogP contribution in [-0.2, 0) is 4.74 Å². The van der Waals surface area contributed by atoms with Crippen LogP contribution < -0.4 is 10.6 Å². The van der Waals surface area contributed by atoms with Gasteiger partial charge in [0.15, 0.2) is 5.78 Å². The highest BCUT2D eigenvalue weighted by Crippen LogP contribution is 2.24. The lowest BCUT2D eigenvalue weighted by Crippen LogP contribution is -2.39. The molecule has 1 aliphatic heterocycles. The summed E-state index contributed by atoms with van der Waals surface area (Å²) in [4.78, 5) is 15.0. The van der Waals surface area contributed by atoms with Crippen molar-refractivity contribution in [3.05, 3.63) is 70.3 Å². The van der Waals surface area contributed by atoms with Gasteiger partial charge in [0, 0.05) is 49.2 Å². The van der Waals surface area contributed by atoms with E-state index in [1.165, 1.54) is 11.8 Å². The number of carbonyl (C=O) groups is 1. The first-order valence-corrected chi connectivity index (χ1v) is 11.6. The third-order valence-electron chi connectivity index (χ3n) is 5.16. The van der Waals surface area contributed by atoms with Crippen molar-refractivity contribution < 1.29 is 9.53 Å². The number of hydrogen-bond acceptors (Lipinski definition) is 6. The summed E-state index contributed by atoms with van der Waals surface area (Å²) in [6, 6.07) is 13.9. The number of allylic oxidation sites excluding steroid dienone is 1. The quantitative estimate of drug-likeness (QED) is 0.454. The molecule has 0 unspecified atom stereocenters. The van der Waals surface area contributed by atoms with Crippen LogP contribution in [0.15, 0.2) is 53.6 Å². The molecule has 1 saturated heterocycles. The molecule has 5 nitrogen and oxygen atoms in total. The van der Waals surface area contributed by atoms with Gasteiger partial charge in [-0.2, -0.15) is 0 Å². The van der Waals surface area contributed by atoms with Gasteiger partial charge >= 0.3 is 0 Å². The standard InChI is InChI=1S/C24H31N3O2S/c1-18-4-6-20(7-5-18)23(28)17-24(30-3)26-22-9-8-21(16-19(22)2)25-10-11-27-12-14-29-15-13-27/h4-9,16-17,25-26H,10-15H2,1-3H3/b24-17-. The van der Waals surface area contributed by atoms with Gasteiger partial charge in [-0.3, -0.25) is 9.69 Å². The fraction of sp³-hybridized carbons (Fsp3) is 0.375. The fourth-order valence-electron chi connectivity index (χ4n) is 3.30. The largest absolute Gasteiger partial charge is 0.384 e. The second-order valence-corrected chi connectivity index (χ2v) is 8.33. The number of thioether (sulfide) groups is 1. The van der Waals surface area contributed by atoms with Gasteiger partial charge in [0.25, 0.3) is 0 Å². The van der Waals surface area contributed by atoms with Gasteiger partial charge in [-0.15, -0.1) is 11.8 Å². The maximum absolute atomic E-state index is 12.6. The third kappa shape index (κ3) is 6.62. The summed E-state index contributed by atoms with van der Waals surface area (Å²) in [5.41, 5.74) is 5.09. The van der Waals surface area contributed by atoms with E-state index in [9.17, 15) is 4.79 Å².